The van der Waals surface area contributed by atoms with Crippen LogP contribution in [-0.4, -0.2) is 24.7 Å². The Hall–Kier alpha value is -0.250. The van der Waals surface area contributed by atoms with Gasteiger partial charge in [0.2, 0.25) is 0 Å². The highest BCUT2D eigenvalue weighted by atomic mass is 79.9. The molecular weight excluding hydrogens is 336 g/mol. The lowest BCUT2D eigenvalue weighted by Crippen LogP contribution is -2.64. The van der Waals surface area contributed by atoms with Crippen molar-refractivity contribution in [1.29, 1.82) is 0 Å². The van der Waals surface area contributed by atoms with Gasteiger partial charge >= 0.3 is 0 Å². The first-order valence-electron chi connectivity index (χ1n) is 7.33. The van der Waals surface area contributed by atoms with Crippen molar-refractivity contribution in [3.05, 3.63) is 27.7 Å². The highest BCUT2D eigenvalue weighted by Crippen LogP contribution is 2.32. The molecule has 1 aliphatic heterocycles. The first-order chi connectivity index (χ1) is 9.36. The van der Waals surface area contributed by atoms with Gasteiger partial charge in [-0.1, -0.05) is 32.4 Å². The van der Waals surface area contributed by atoms with E-state index in [9.17, 15) is 0 Å². The van der Waals surface area contributed by atoms with Crippen LogP contribution in [0.4, 0.5) is 5.69 Å². The zero-order valence-electron chi connectivity index (χ0n) is 12.7. The maximum Gasteiger partial charge on any atom is 0.0549 e. The number of piperazine rings is 1. The quantitative estimate of drug-likeness (QED) is 0.841. The van der Waals surface area contributed by atoms with Gasteiger partial charge in [0.05, 0.1) is 5.02 Å². The summed E-state index contributed by atoms with van der Waals surface area (Å²) in [5, 5.41) is 4.49. The lowest BCUT2D eigenvalue weighted by molar-refractivity contribution is 0.253. The molecule has 2 atom stereocenters. The van der Waals surface area contributed by atoms with Crippen LogP contribution in [0.2, 0.25) is 5.02 Å². The number of benzene rings is 1. The average molecular weight is 360 g/mol. The summed E-state index contributed by atoms with van der Waals surface area (Å²) < 4.78 is 0.968. The van der Waals surface area contributed by atoms with Crippen molar-refractivity contribution in [1.82, 2.24) is 5.32 Å². The molecule has 2 nitrogen and oxygen atoms in total. The van der Waals surface area contributed by atoms with Crippen LogP contribution >= 0.6 is 27.5 Å². The smallest absolute Gasteiger partial charge is 0.0549 e. The Morgan fingerprint density at radius 1 is 1.50 bits per heavy atom. The van der Waals surface area contributed by atoms with Gasteiger partial charge in [-0.15, -0.1) is 0 Å². The van der Waals surface area contributed by atoms with Gasteiger partial charge in [0.15, 0.2) is 0 Å². The van der Waals surface area contributed by atoms with Gasteiger partial charge in [-0.3, -0.25) is 0 Å². The third-order valence-corrected chi connectivity index (χ3v) is 5.66. The Morgan fingerprint density at radius 3 is 2.75 bits per heavy atom. The molecule has 20 heavy (non-hydrogen) atoms. The van der Waals surface area contributed by atoms with E-state index in [1.165, 1.54) is 5.69 Å². The van der Waals surface area contributed by atoms with Crippen LogP contribution in [-0.2, 0) is 0 Å². The van der Waals surface area contributed by atoms with Gasteiger partial charge in [0.1, 0.15) is 0 Å². The molecule has 1 aliphatic rings. The van der Waals surface area contributed by atoms with Gasteiger partial charge in [0, 0.05) is 34.8 Å². The van der Waals surface area contributed by atoms with Crippen molar-refractivity contribution in [2.45, 2.75) is 45.7 Å². The van der Waals surface area contributed by atoms with Crippen LogP contribution in [0.1, 0.15) is 34.1 Å². The molecule has 0 bridgehead atoms. The molecule has 2 rings (SSSR count). The molecule has 1 fully saturated rings. The summed E-state index contributed by atoms with van der Waals surface area (Å²) in [7, 11) is 0. The van der Waals surface area contributed by atoms with Crippen molar-refractivity contribution in [2.24, 2.45) is 5.92 Å². The molecule has 1 aromatic rings. The van der Waals surface area contributed by atoms with E-state index in [1.807, 2.05) is 6.07 Å². The second-order valence-corrected chi connectivity index (χ2v) is 7.59. The van der Waals surface area contributed by atoms with Gasteiger partial charge in [-0.05, 0) is 53.4 Å². The molecule has 112 valence electrons. The van der Waals surface area contributed by atoms with E-state index in [0.717, 1.165) is 29.0 Å². The molecule has 0 amide bonds. The Bertz CT molecular complexity index is 478. The Balaban J connectivity index is 2.33. The lowest BCUT2D eigenvalue weighted by atomic mass is 9.89. The zero-order valence-corrected chi connectivity index (χ0v) is 15.1. The largest absolute Gasteiger partial charge is 0.365 e. The van der Waals surface area contributed by atoms with Crippen LogP contribution in [0.3, 0.4) is 0 Å². The second-order valence-electron chi connectivity index (χ2n) is 6.33. The fourth-order valence-electron chi connectivity index (χ4n) is 2.79. The fourth-order valence-corrected chi connectivity index (χ4v) is 3.27. The SMILES string of the molecule is CCC1(C)CN(c2ccc(Cl)c(Br)c2)C(C(C)C)CN1. The number of hydrogen-bond acceptors (Lipinski definition) is 2. The Labute approximate surface area is 136 Å². The summed E-state index contributed by atoms with van der Waals surface area (Å²) in [6.45, 7) is 11.2. The first kappa shape index (κ1) is 16.1. The standard InChI is InChI=1S/C16H24BrClN2/c1-5-16(4)10-20(15(9-19-16)11(2)3)12-6-7-14(18)13(17)8-12/h6-8,11,15,19H,5,9-10H2,1-4H3. The number of anilines is 1. The van der Waals surface area contributed by atoms with Crippen molar-refractivity contribution in [3.8, 4) is 0 Å². The number of rotatable bonds is 3. The third kappa shape index (κ3) is 3.32. The molecule has 2 unspecified atom stereocenters. The van der Waals surface area contributed by atoms with Gasteiger partial charge < -0.3 is 10.2 Å². The normalized spacial score (nSPS) is 27.1. The van der Waals surface area contributed by atoms with Crippen LogP contribution in [0.25, 0.3) is 0 Å². The van der Waals surface area contributed by atoms with Crippen molar-refractivity contribution >= 4 is 33.2 Å². The van der Waals surface area contributed by atoms with Crippen molar-refractivity contribution in [3.63, 3.8) is 0 Å². The number of halogens is 2. The number of nitrogens with zero attached hydrogens (tertiary/aromatic N) is 1. The molecule has 4 heteroatoms. The molecular formula is C16H24BrClN2. The zero-order chi connectivity index (χ0) is 14.9. The lowest BCUT2D eigenvalue weighted by Gasteiger charge is -2.48. The summed E-state index contributed by atoms with van der Waals surface area (Å²) >= 11 is 9.67. The van der Waals surface area contributed by atoms with Crippen LogP contribution < -0.4 is 10.2 Å². The molecule has 0 aliphatic carbocycles. The number of nitrogens with one attached hydrogen (secondary N) is 1. The molecule has 1 aromatic carbocycles. The molecule has 0 aromatic heterocycles. The predicted molar refractivity (Wildman–Crippen MR) is 91.8 cm³/mol. The molecule has 1 heterocycles. The van der Waals surface area contributed by atoms with E-state index < -0.39 is 0 Å². The van der Waals surface area contributed by atoms with Crippen LogP contribution in [0, 0.1) is 5.92 Å². The van der Waals surface area contributed by atoms with E-state index >= 15 is 0 Å². The summed E-state index contributed by atoms with van der Waals surface area (Å²) in [5.41, 5.74) is 1.43. The first-order valence-corrected chi connectivity index (χ1v) is 8.50. The Morgan fingerprint density at radius 2 is 2.20 bits per heavy atom. The summed E-state index contributed by atoms with van der Waals surface area (Å²) in [6, 6.07) is 6.76. The van der Waals surface area contributed by atoms with Crippen LogP contribution in [0.15, 0.2) is 22.7 Å². The van der Waals surface area contributed by atoms with Crippen LogP contribution in [0.5, 0.6) is 0 Å². The maximum absolute atomic E-state index is 6.12. The Kier molecular flexibility index (Phi) is 5.04. The minimum atomic E-state index is 0.178. The van der Waals surface area contributed by atoms with E-state index in [4.69, 9.17) is 11.6 Å². The third-order valence-electron chi connectivity index (χ3n) is 4.44. The van der Waals surface area contributed by atoms with Gasteiger partial charge in [0.25, 0.3) is 0 Å². The average Bonchev–Trinajstić information content (AvgIpc) is 2.41. The molecule has 0 spiro atoms. The predicted octanol–water partition coefficient (Wildman–Crippen LogP) is 4.71. The van der Waals surface area contributed by atoms with E-state index in [0.29, 0.717) is 12.0 Å². The van der Waals surface area contributed by atoms with E-state index in [1.54, 1.807) is 0 Å². The maximum atomic E-state index is 6.12. The monoisotopic (exact) mass is 358 g/mol. The summed E-state index contributed by atoms with van der Waals surface area (Å²) in [5.74, 6) is 0.610. The summed E-state index contributed by atoms with van der Waals surface area (Å²) in [6.07, 6.45) is 1.13. The minimum Gasteiger partial charge on any atom is -0.365 e. The highest BCUT2D eigenvalue weighted by molar-refractivity contribution is 9.10. The minimum absolute atomic E-state index is 0.178. The molecule has 0 radical (unpaired) electrons. The second kappa shape index (κ2) is 6.25. The molecule has 1 saturated heterocycles. The molecule has 1 N–H and O–H groups in total. The number of hydrogen-bond donors (Lipinski definition) is 1. The van der Waals surface area contributed by atoms with Gasteiger partial charge in [-0.2, -0.15) is 0 Å². The van der Waals surface area contributed by atoms with E-state index in [-0.39, 0.29) is 5.54 Å². The fraction of sp³-hybridized carbons (Fsp3) is 0.625. The topological polar surface area (TPSA) is 15.3 Å². The van der Waals surface area contributed by atoms with Gasteiger partial charge in [-0.25, -0.2) is 0 Å². The summed E-state index contributed by atoms with van der Waals surface area (Å²) in [4.78, 5) is 2.53. The van der Waals surface area contributed by atoms with Crippen molar-refractivity contribution in [2.75, 3.05) is 18.0 Å². The highest BCUT2D eigenvalue weighted by Gasteiger charge is 2.35. The molecule has 0 saturated carbocycles. The van der Waals surface area contributed by atoms with Crippen molar-refractivity contribution < 1.29 is 0 Å². The van der Waals surface area contributed by atoms with E-state index in [2.05, 4.69) is 66.0 Å².